The van der Waals surface area contributed by atoms with Crippen molar-refractivity contribution in [3.63, 3.8) is 0 Å². The number of ether oxygens (including phenoxy) is 1. The molecule has 0 amide bonds. The van der Waals surface area contributed by atoms with Crippen LogP contribution in [-0.2, 0) is 4.74 Å². The Kier molecular flexibility index (Phi) is 8.43. The molecule has 0 aromatic carbocycles. The minimum Gasteiger partial charge on any atom is -0.375 e. The summed E-state index contributed by atoms with van der Waals surface area (Å²) in [4.78, 5) is 0. The van der Waals surface area contributed by atoms with Crippen LogP contribution in [0.15, 0.2) is 0 Å². The van der Waals surface area contributed by atoms with Gasteiger partial charge in [-0.15, -0.1) is 0 Å². The van der Waals surface area contributed by atoms with E-state index in [2.05, 4.69) is 26.5 Å². The first-order valence-corrected chi connectivity index (χ1v) is 6.20. The van der Waals surface area contributed by atoms with Crippen LogP contribution in [0.2, 0.25) is 0 Å². The van der Waals surface area contributed by atoms with Crippen LogP contribution >= 0.6 is 12.6 Å². The van der Waals surface area contributed by atoms with E-state index in [1.54, 1.807) is 0 Å². The Morgan fingerprint density at radius 3 is 2.07 bits per heavy atom. The number of thiol groups is 1. The number of halogens is 2. The summed E-state index contributed by atoms with van der Waals surface area (Å²) in [7, 11) is 0. The van der Waals surface area contributed by atoms with Crippen LogP contribution < -0.4 is 0 Å². The third-order valence-electron chi connectivity index (χ3n) is 2.55. The van der Waals surface area contributed by atoms with Gasteiger partial charge in [0.1, 0.15) is 6.61 Å². The highest BCUT2D eigenvalue weighted by Gasteiger charge is 2.27. The SMILES string of the molecule is CCCC(CS)(CCC)COCC(F)F. The Balaban J connectivity index is 4.08. The molecule has 0 bridgehead atoms. The number of alkyl halides is 2. The molecular formula is C11H22F2OS. The van der Waals surface area contributed by atoms with E-state index in [1.165, 1.54) is 0 Å². The van der Waals surface area contributed by atoms with Gasteiger partial charge in [0.25, 0.3) is 6.43 Å². The number of hydrogen-bond donors (Lipinski definition) is 1. The Morgan fingerprint density at radius 2 is 1.73 bits per heavy atom. The molecule has 1 nitrogen and oxygen atoms in total. The Labute approximate surface area is 97.0 Å². The smallest absolute Gasteiger partial charge is 0.261 e. The third-order valence-corrected chi connectivity index (χ3v) is 3.22. The molecule has 0 fully saturated rings. The summed E-state index contributed by atoms with van der Waals surface area (Å²) < 4.78 is 28.9. The van der Waals surface area contributed by atoms with Crippen molar-refractivity contribution >= 4 is 12.6 Å². The zero-order valence-electron chi connectivity index (χ0n) is 9.64. The lowest BCUT2D eigenvalue weighted by Gasteiger charge is -2.31. The van der Waals surface area contributed by atoms with Crippen LogP contribution in [0.3, 0.4) is 0 Å². The summed E-state index contributed by atoms with van der Waals surface area (Å²) in [5.74, 6) is 0.706. The molecule has 92 valence electrons. The van der Waals surface area contributed by atoms with Crippen molar-refractivity contribution < 1.29 is 13.5 Å². The van der Waals surface area contributed by atoms with E-state index in [9.17, 15) is 8.78 Å². The van der Waals surface area contributed by atoms with Crippen molar-refractivity contribution in [2.75, 3.05) is 19.0 Å². The van der Waals surface area contributed by atoms with Crippen molar-refractivity contribution in [2.45, 2.75) is 46.0 Å². The first-order valence-electron chi connectivity index (χ1n) is 5.57. The van der Waals surface area contributed by atoms with Crippen LogP contribution in [0.25, 0.3) is 0 Å². The molecular weight excluding hydrogens is 218 g/mol. The quantitative estimate of drug-likeness (QED) is 0.603. The van der Waals surface area contributed by atoms with Crippen molar-refractivity contribution in [2.24, 2.45) is 5.41 Å². The topological polar surface area (TPSA) is 9.23 Å². The standard InChI is InChI=1S/C11H22F2OS/c1-3-5-11(9-15,6-4-2)8-14-7-10(12)13/h10,15H,3-9H2,1-2H3. The second-order valence-electron chi connectivity index (χ2n) is 4.06. The van der Waals surface area contributed by atoms with Crippen LogP contribution in [0.1, 0.15) is 39.5 Å². The van der Waals surface area contributed by atoms with Crippen LogP contribution in [0.5, 0.6) is 0 Å². The maximum absolute atomic E-state index is 11.9. The van der Waals surface area contributed by atoms with Gasteiger partial charge in [-0.3, -0.25) is 0 Å². The summed E-state index contributed by atoms with van der Waals surface area (Å²) in [5.41, 5.74) is -0.0124. The lowest BCUT2D eigenvalue weighted by Crippen LogP contribution is -2.30. The Morgan fingerprint density at radius 1 is 1.20 bits per heavy atom. The van der Waals surface area contributed by atoms with Gasteiger partial charge in [-0.25, -0.2) is 8.78 Å². The molecule has 0 N–H and O–H groups in total. The molecule has 0 aromatic rings. The Hall–Kier alpha value is 0.170. The zero-order valence-corrected chi connectivity index (χ0v) is 10.5. The number of rotatable bonds is 9. The molecule has 0 rings (SSSR count). The summed E-state index contributed by atoms with van der Waals surface area (Å²) in [6, 6.07) is 0. The van der Waals surface area contributed by atoms with Gasteiger partial charge in [0, 0.05) is 5.41 Å². The first-order chi connectivity index (χ1) is 7.10. The summed E-state index contributed by atoms with van der Waals surface area (Å²) in [6.45, 7) is 4.15. The van der Waals surface area contributed by atoms with Crippen molar-refractivity contribution in [3.8, 4) is 0 Å². The molecule has 0 aliphatic rings. The minimum absolute atomic E-state index is 0.0124. The molecule has 0 aliphatic carbocycles. The average molecular weight is 240 g/mol. The van der Waals surface area contributed by atoms with Crippen molar-refractivity contribution in [1.82, 2.24) is 0 Å². The lowest BCUT2D eigenvalue weighted by molar-refractivity contribution is -0.0200. The summed E-state index contributed by atoms with van der Waals surface area (Å²) >= 11 is 4.33. The minimum atomic E-state index is -2.37. The van der Waals surface area contributed by atoms with E-state index < -0.39 is 13.0 Å². The van der Waals surface area contributed by atoms with E-state index in [-0.39, 0.29) is 5.41 Å². The van der Waals surface area contributed by atoms with Gasteiger partial charge in [0.2, 0.25) is 0 Å². The van der Waals surface area contributed by atoms with E-state index in [4.69, 9.17) is 4.74 Å². The van der Waals surface area contributed by atoms with Crippen LogP contribution in [0.4, 0.5) is 8.78 Å². The highest BCUT2D eigenvalue weighted by Crippen LogP contribution is 2.31. The highest BCUT2D eigenvalue weighted by molar-refractivity contribution is 7.80. The number of hydrogen-bond acceptors (Lipinski definition) is 2. The van der Waals surface area contributed by atoms with E-state index in [1.807, 2.05) is 0 Å². The fourth-order valence-electron chi connectivity index (χ4n) is 1.90. The maximum Gasteiger partial charge on any atom is 0.261 e. The monoisotopic (exact) mass is 240 g/mol. The molecule has 0 aliphatic heterocycles. The Bertz CT molecular complexity index is 148. The molecule has 0 radical (unpaired) electrons. The molecule has 0 aromatic heterocycles. The molecule has 0 atom stereocenters. The van der Waals surface area contributed by atoms with Crippen LogP contribution in [-0.4, -0.2) is 25.4 Å². The predicted octanol–water partition coefficient (Wildman–Crippen LogP) is 3.78. The molecule has 0 unspecified atom stereocenters. The molecule has 0 saturated heterocycles. The summed E-state index contributed by atoms with van der Waals surface area (Å²) in [6.07, 6.45) is 1.70. The van der Waals surface area contributed by atoms with E-state index in [0.717, 1.165) is 25.7 Å². The molecule has 4 heteroatoms. The van der Waals surface area contributed by atoms with Crippen molar-refractivity contribution in [1.29, 1.82) is 0 Å². The van der Waals surface area contributed by atoms with Gasteiger partial charge in [0.15, 0.2) is 0 Å². The second kappa shape index (κ2) is 8.34. The van der Waals surface area contributed by atoms with Gasteiger partial charge in [-0.05, 0) is 18.6 Å². The van der Waals surface area contributed by atoms with Gasteiger partial charge in [-0.2, -0.15) is 12.6 Å². The van der Waals surface area contributed by atoms with E-state index >= 15 is 0 Å². The van der Waals surface area contributed by atoms with Gasteiger partial charge >= 0.3 is 0 Å². The van der Waals surface area contributed by atoms with E-state index in [0.29, 0.717) is 12.4 Å². The molecule has 0 spiro atoms. The lowest BCUT2D eigenvalue weighted by atomic mass is 9.82. The first kappa shape index (κ1) is 15.2. The van der Waals surface area contributed by atoms with Gasteiger partial charge < -0.3 is 4.74 Å². The van der Waals surface area contributed by atoms with Crippen LogP contribution in [0, 0.1) is 5.41 Å². The predicted molar refractivity (Wildman–Crippen MR) is 62.9 cm³/mol. The van der Waals surface area contributed by atoms with Crippen molar-refractivity contribution in [3.05, 3.63) is 0 Å². The maximum atomic E-state index is 11.9. The molecule has 15 heavy (non-hydrogen) atoms. The highest BCUT2D eigenvalue weighted by atomic mass is 32.1. The van der Waals surface area contributed by atoms with Gasteiger partial charge in [0.05, 0.1) is 6.61 Å². The fourth-order valence-corrected chi connectivity index (χ4v) is 2.31. The largest absolute Gasteiger partial charge is 0.375 e. The molecule has 0 heterocycles. The van der Waals surface area contributed by atoms with Gasteiger partial charge in [-0.1, -0.05) is 26.7 Å². The summed E-state index contributed by atoms with van der Waals surface area (Å²) in [5, 5.41) is 0. The third kappa shape index (κ3) is 6.36. The zero-order chi connectivity index (χ0) is 11.7. The second-order valence-corrected chi connectivity index (χ2v) is 4.38. The molecule has 0 saturated carbocycles. The fraction of sp³-hybridized carbons (Fsp3) is 1.00. The normalized spacial score (nSPS) is 12.4. The average Bonchev–Trinajstić information content (AvgIpc) is 2.17.